The van der Waals surface area contributed by atoms with Gasteiger partial charge >= 0.3 is 0 Å². The average molecular weight is 285 g/mol. The van der Waals surface area contributed by atoms with Crippen LogP contribution in [0.2, 0.25) is 0 Å². The van der Waals surface area contributed by atoms with E-state index in [4.69, 9.17) is 0 Å². The van der Waals surface area contributed by atoms with Gasteiger partial charge in [-0.15, -0.1) is 0 Å². The summed E-state index contributed by atoms with van der Waals surface area (Å²) in [6, 6.07) is 8.58. The van der Waals surface area contributed by atoms with Crippen molar-refractivity contribution < 1.29 is 0 Å². The lowest BCUT2D eigenvalue weighted by molar-refractivity contribution is 0.244. The minimum absolute atomic E-state index is 1.04. The molecule has 90 valence electrons. The van der Waals surface area contributed by atoms with Crippen molar-refractivity contribution in [1.29, 1.82) is 0 Å². The summed E-state index contributed by atoms with van der Waals surface area (Å²) in [7, 11) is 4.24. The maximum absolute atomic E-state index is 3.46. The van der Waals surface area contributed by atoms with E-state index < -0.39 is 0 Å². The first-order valence-electron chi connectivity index (χ1n) is 5.73. The van der Waals surface area contributed by atoms with Gasteiger partial charge in [-0.2, -0.15) is 0 Å². The van der Waals surface area contributed by atoms with Gasteiger partial charge in [0.2, 0.25) is 0 Å². The third-order valence-corrected chi connectivity index (χ3v) is 3.16. The quantitative estimate of drug-likeness (QED) is 0.793. The second-order valence-corrected chi connectivity index (χ2v) is 5.21. The molecule has 1 rings (SSSR count). The zero-order valence-electron chi connectivity index (χ0n) is 10.4. The van der Waals surface area contributed by atoms with Gasteiger partial charge in [-0.1, -0.05) is 35.0 Å². The van der Waals surface area contributed by atoms with E-state index in [0.29, 0.717) is 0 Å². The van der Waals surface area contributed by atoms with Crippen LogP contribution in [0.4, 0.5) is 0 Å². The molecule has 0 saturated heterocycles. The molecule has 1 aromatic rings. The number of hydrogen-bond acceptors (Lipinski definition) is 2. The molecule has 0 unspecified atom stereocenters. The zero-order valence-corrected chi connectivity index (χ0v) is 12.0. The normalized spacial score (nSPS) is 11.4. The molecule has 0 amide bonds. The summed E-state index contributed by atoms with van der Waals surface area (Å²) in [5, 5.41) is 0. The largest absolute Gasteiger partial charge is 0.308 e. The molecule has 16 heavy (non-hydrogen) atoms. The van der Waals surface area contributed by atoms with Crippen molar-refractivity contribution in [3.8, 4) is 0 Å². The molecule has 0 radical (unpaired) electrons. The Hall–Kier alpha value is -0.380. The Bertz CT molecular complexity index is 295. The Balaban J connectivity index is 2.46. The van der Waals surface area contributed by atoms with Crippen LogP contribution in [0, 0.1) is 0 Å². The minimum Gasteiger partial charge on any atom is -0.308 e. The molecule has 0 spiro atoms. The molecule has 2 nitrogen and oxygen atoms in total. The Morgan fingerprint density at radius 1 is 1.06 bits per heavy atom. The third kappa shape index (κ3) is 5.10. The van der Waals surface area contributed by atoms with Gasteiger partial charge in [0.15, 0.2) is 0 Å². The Kier molecular flexibility index (Phi) is 6.03. The fourth-order valence-electron chi connectivity index (χ4n) is 1.54. The third-order valence-electron chi connectivity index (χ3n) is 2.63. The van der Waals surface area contributed by atoms with Gasteiger partial charge in [-0.3, -0.25) is 4.90 Å². The molecular formula is C13H21BrN2. The maximum Gasteiger partial charge on any atom is 0.0234 e. The van der Waals surface area contributed by atoms with Crippen LogP contribution in [0.1, 0.15) is 12.5 Å². The molecule has 0 aromatic heterocycles. The molecule has 0 aliphatic heterocycles. The van der Waals surface area contributed by atoms with E-state index in [1.165, 1.54) is 5.56 Å². The molecule has 0 N–H and O–H groups in total. The molecule has 0 atom stereocenters. The number of likely N-dealkylation sites (N-methyl/N-ethyl adjacent to an activating group) is 2. The van der Waals surface area contributed by atoms with Crippen molar-refractivity contribution in [2.24, 2.45) is 0 Å². The number of halogens is 1. The fourth-order valence-corrected chi connectivity index (χ4v) is 1.80. The lowest BCUT2D eigenvalue weighted by atomic mass is 10.2. The lowest BCUT2D eigenvalue weighted by Gasteiger charge is -2.22. The summed E-state index contributed by atoms with van der Waals surface area (Å²) in [5.41, 5.74) is 1.38. The fraction of sp³-hybridized carbons (Fsp3) is 0.538. The SMILES string of the molecule is CCN(CCN(C)C)Cc1ccc(Br)cc1. The van der Waals surface area contributed by atoms with Gasteiger partial charge in [0, 0.05) is 24.1 Å². The van der Waals surface area contributed by atoms with E-state index in [1.54, 1.807) is 0 Å². The van der Waals surface area contributed by atoms with Crippen LogP contribution >= 0.6 is 15.9 Å². The van der Waals surface area contributed by atoms with E-state index in [2.05, 4.69) is 71.0 Å². The summed E-state index contributed by atoms with van der Waals surface area (Å²) in [4.78, 5) is 4.69. The van der Waals surface area contributed by atoms with Gasteiger partial charge in [0.05, 0.1) is 0 Å². The topological polar surface area (TPSA) is 6.48 Å². The first kappa shape index (κ1) is 13.7. The van der Waals surface area contributed by atoms with Crippen molar-refractivity contribution in [3.05, 3.63) is 34.3 Å². The molecule has 0 bridgehead atoms. The van der Waals surface area contributed by atoms with Crippen LogP contribution < -0.4 is 0 Å². The first-order valence-corrected chi connectivity index (χ1v) is 6.52. The summed E-state index contributed by atoms with van der Waals surface area (Å²) in [5.74, 6) is 0. The zero-order chi connectivity index (χ0) is 12.0. The predicted octanol–water partition coefficient (Wildman–Crippen LogP) is 2.83. The number of nitrogens with zero attached hydrogens (tertiary/aromatic N) is 2. The van der Waals surface area contributed by atoms with Crippen molar-refractivity contribution >= 4 is 15.9 Å². The highest BCUT2D eigenvalue weighted by molar-refractivity contribution is 9.10. The van der Waals surface area contributed by atoms with Gasteiger partial charge in [-0.05, 0) is 38.3 Å². The monoisotopic (exact) mass is 284 g/mol. The molecule has 1 aromatic carbocycles. The Morgan fingerprint density at radius 2 is 1.69 bits per heavy atom. The van der Waals surface area contributed by atoms with Crippen molar-refractivity contribution in [2.75, 3.05) is 33.7 Å². The summed E-state index contributed by atoms with van der Waals surface area (Å²) < 4.78 is 1.15. The second-order valence-electron chi connectivity index (χ2n) is 4.30. The number of rotatable bonds is 6. The maximum atomic E-state index is 3.46. The summed E-state index contributed by atoms with van der Waals surface area (Å²) in [6.45, 7) is 6.60. The van der Waals surface area contributed by atoms with Crippen molar-refractivity contribution in [3.63, 3.8) is 0 Å². The first-order chi connectivity index (χ1) is 7.61. The lowest BCUT2D eigenvalue weighted by Crippen LogP contribution is -2.31. The van der Waals surface area contributed by atoms with Crippen LogP contribution in [0.5, 0.6) is 0 Å². The molecule has 0 aliphatic carbocycles. The number of benzene rings is 1. The molecule has 0 saturated carbocycles. The van der Waals surface area contributed by atoms with Crippen LogP contribution in [0.15, 0.2) is 28.7 Å². The molecular weight excluding hydrogens is 264 g/mol. The van der Waals surface area contributed by atoms with Gasteiger partial charge < -0.3 is 4.90 Å². The highest BCUT2D eigenvalue weighted by atomic mass is 79.9. The highest BCUT2D eigenvalue weighted by Crippen LogP contribution is 2.12. The smallest absolute Gasteiger partial charge is 0.0234 e. The Morgan fingerprint density at radius 3 is 2.19 bits per heavy atom. The van der Waals surface area contributed by atoms with Crippen LogP contribution in [-0.2, 0) is 6.54 Å². The van der Waals surface area contributed by atoms with E-state index in [1.807, 2.05) is 0 Å². The minimum atomic E-state index is 1.04. The number of hydrogen-bond donors (Lipinski definition) is 0. The van der Waals surface area contributed by atoms with Gasteiger partial charge in [0.1, 0.15) is 0 Å². The molecule has 3 heteroatoms. The predicted molar refractivity (Wildman–Crippen MR) is 73.6 cm³/mol. The van der Waals surface area contributed by atoms with Gasteiger partial charge in [0.25, 0.3) is 0 Å². The van der Waals surface area contributed by atoms with Crippen LogP contribution in [-0.4, -0.2) is 43.5 Å². The van der Waals surface area contributed by atoms with Crippen molar-refractivity contribution in [2.45, 2.75) is 13.5 Å². The summed E-state index contributed by atoms with van der Waals surface area (Å²) >= 11 is 3.46. The van der Waals surface area contributed by atoms with E-state index in [-0.39, 0.29) is 0 Å². The molecule has 0 aliphatic rings. The highest BCUT2D eigenvalue weighted by Gasteiger charge is 2.03. The van der Waals surface area contributed by atoms with Crippen LogP contribution in [0.25, 0.3) is 0 Å². The van der Waals surface area contributed by atoms with Gasteiger partial charge in [-0.25, -0.2) is 0 Å². The standard InChI is InChI=1S/C13H21BrN2/c1-4-16(10-9-15(2)3)11-12-5-7-13(14)8-6-12/h5-8H,4,9-11H2,1-3H3. The molecule has 0 heterocycles. The Labute approximate surface area is 107 Å². The van der Waals surface area contributed by atoms with E-state index in [9.17, 15) is 0 Å². The second kappa shape index (κ2) is 7.05. The summed E-state index contributed by atoms with van der Waals surface area (Å²) in [6.07, 6.45) is 0. The van der Waals surface area contributed by atoms with Crippen molar-refractivity contribution in [1.82, 2.24) is 9.80 Å². The van der Waals surface area contributed by atoms with Crippen LogP contribution in [0.3, 0.4) is 0 Å². The average Bonchev–Trinajstić information content (AvgIpc) is 2.26. The molecule has 0 fully saturated rings. The van der Waals surface area contributed by atoms with E-state index >= 15 is 0 Å². The van der Waals surface area contributed by atoms with E-state index in [0.717, 1.165) is 30.7 Å².